The van der Waals surface area contributed by atoms with Gasteiger partial charge in [0, 0.05) is 18.8 Å². The van der Waals surface area contributed by atoms with Crippen LogP contribution in [0.5, 0.6) is 5.75 Å². The van der Waals surface area contributed by atoms with Gasteiger partial charge in [0.05, 0.1) is 24.7 Å². The van der Waals surface area contributed by atoms with E-state index in [9.17, 15) is 0 Å². The molecule has 1 aromatic carbocycles. The predicted molar refractivity (Wildman–Crippen MR) is 80.8 cm³/mol. The van der Waals surface area contributed by atoms with Crippen LogP contribution in [0.15, 0.2) is 30.5 Å². The highest BCUT2D eigenvalue weighted by Crippen LogP contribution is 2.17. The number of benzene rings is 1. The van der Waals surface area contributed by atoms with Crippen molar-refractivity contribution in [3.8, 4) is 5.75 Å². The van der Waals surface area contributed by atoms with E-state index in [1.807, 2.05) is 38.2 Å². The standard InChI is InChI=1S/C13H16N4OS/c1-9-12(8-14-17(9)2)16-13(19)15-10-5-4-6-11(7-10)18-3/h4-8H,1-3H3,(H2,15,16,19). The molecule has 0 atom stereocenters. The summed E-state index contributed by atoms with van der Waals surface area (Å²) in [5.41, 5.74) is 2.79. The van der Waals surface area contributed by atoms with Crippen LogP contribution in [-0.2, 0) is 7.05 Å². The summed E-state index contributed by atoms with van der Waals surface area (Å²) in [6, 6.07) is 7.59. The monoisotopic (exact) mass is 276 g/mol. The molecule has 1 heterocycles. The van der Waals surface area contributed by atoms with Gasteiger partial charge in [-0.05, 0) is 31.3 Å². The molecular weight excluding hydrogens is 260 g/mol. The van der Waals surface area contributed by atoms with Crippen molar-refractivity contribution in [3.63, 3.8) is 0 Å². The molecule has 0 aliphatic heterocycles. The van der Waals surface area contributed by atoms with Crippen LogP contribution in [0.1, 0.15) is 5.69 Å². The quantitative estimate of drug-likeness (QED) is 0.844. The molecule has 2 N–H and O–H groups in total. The highest BCUT2D eigenvalue weighted by molar-refractivity contribution is 7.80. The van der Waals surface area contributed by atoms with Crippen LogP contribution in [-0.4, -0.2) is 22.0 Å². The van der Waals surface area contributed by atoms with Crippen molar-refractivity contribution in [1.29, 1.82) is 0 Å². The van der Waals surface area contributed by atoms with E-state index in [2.05, 4.69) is 15.7 Å². The smallest absolute Gasteiger partial charge is 0.175 e. The van der Waals surface area contributed by atoms with E-state index in [0.29, 0.717) is 5.11 Å². The lowest BCUT2D eigenvalue weighted by Crippen LogP contribution is -2.19. The van der Waals surface area contributed by atoms with Crippen LogP contribution < -0.4 is 15.4 Å². The van der Waals surface area contributed by atoms with Gasteiger partial charge in [0.1, 0.15) is 5.75 Å². The van der Waals surface area contributed by atoms with E-state index in [4.69, 9.17) is 17.0 Å². The van der Waals surface area contributed by atoms with Gasteiger partial charge >= 0.3 is 0 Å². The predicted octanol–water partition coefficient (Wildman–Crippen LogP) is 2.55. The van der Waals surface area contributed by atoms with Gasteiger partial charge in [-0.15, -0.1) is 0 Å². The van der Waals surface area contributed by atoms with Crippen molar-refractivity contribution in [1.82, 2.24) is 9.78 Å². The summed E-state index contributed by atoms with van der Waals surface area (Å²) in [7, 11) is 3.52. The Kier molecular flexibility index (Phi) is 4.01. The largest absolute Gasteiger partial charge is 0.497 e. The summed E-state index contributed by atoms with van der Waals surface area (Å²) in [5, 5.41) is 10.9. The third kappa shape index (κ3) is 3.23. The molecule has 0 saturated heterocycles. The highest BCUT2D eigenvalue weighted by Gasteiger charge is 2.05. The lowest BCUT2D eigenvalue weighted by Gasteiger charge is -2.10. The van der Waals surface area contributed by atoms with Gasteiger partial charge < -0.3 is 15.4 Å². The van der Waals surface area contributed by atoms with E-state index in [1.54, 1.807) is 18.0 Å². The van der Waals surface area contributed by atoms with Crippen LogP contribution in [0.3, 0.4) is 0 Å². The molecule has 0 spiro atoms. The molecule has 0 amide bonds. The molecule has 1 aromatic heterocycles. The zero-order valence-electron chi connectivity index (χ0n) is 11.1. The molecule has 0 fully saturated rings. The van der Waals surface area contributed by atoms with Crippen LogP contribution in [0.2, 0.25) is 0 Å². The van der Waals surface area contributed by atoms with Gasteiger partial charge in [0.2, 0.25) is 0 Å². The Morgan fingerprint density at radius 1 is 1.37 bits per heavy atom. The molecule has 2 rings (SSSR count). The maximum absolute atomic E-state index is 5.27. The van der Waals surface area contributed by atoms with Gasteiger partial charge in [-0.3, -0.25) is 4.68 Å². The first-order chi connectivity index (χ1) is 9.10. The third-order valence-electron chi connectivity index (χ3n) is 2.81. The fraction of sp³-hybridized carbons (Fsp3) is 0.231. The van der Waals surface area contributed by atoms with Gasteiger partial charge in [-0.25, -0.2) is 0 Å². The first-order valence-electron chi connectivity index (χ1n) is 5.81. The van der Waals surface area contributed by atoms with Gasteiger partial charge in [0.25, 0.3) is 0 Å². The minimum absolute atomic E-state index is 0.518. The molecule has 0 saturated carbocycles. The Balaban J connectivity index is 2.03. The van der Waals surface area contributed by atoms with Crippen molar-refractivity contribution in [2.45, 2.75) is 6.92 Å². The molecule has 0 aliphatic rings. The molecule has 0 radical (unpaired) electrons. The average molecular weight is 276 g/mol. The lowest BCUT2D eigenvalue weighted by molar-refractivity contribution is 0.415. The number of methoxy groups -OCH3 is 1. The van der Waals surface area contributed by atoms with Gasteiger partial charge in [-0.1, -0.05) is 6.07 Å². The molecular formula is C13H16N4OS. The van der Waals surface area contributed by atoms with Crippen molar-refractivity contribution < 1.29 is 4.74 Å². The number of nitrogens with zero attached hydrogens (tertiary/aromatic N) is 2. The van der Waals surface area contributed by atoms with Crippen molar-refractivity contribution in [2.75, 3.05) is 17.7 Å². The minimum Gasteiger partial charge on any atom is -0.497 e. The maximum atomic E-state index is 5.27. The second kappa shape index (κ2) is 5.71. The topological polar surface area (TPSA) is 51.1 Å². The number of rotatable bonds is 3. The average Bonchev–Trinajstić information content (AvgIpc) is 2.71. The highest BCUT2D eigenvalue weighted by atomic mass is 32.1. The van der Waals surface area contributed by atoms with Crippen LogP contribution in [0.4, 0.5) is 11.4 Å². The normalized spacial score (nSPS) is 10.1. The SMILES string of the molecule is COc1cccc(NC(=S)Nc2cnn(C)c2C)c1. The summed E-state index contributed by atoms with van der Waals surface area (Å²) in [6.07, 6.45) is 1.74. The Morgan fingerprint density at radius 2 is 2.16 bits per heavy atom. The zero-order chi connectivity index (χ0) is 13.8. The summed E-state index contributed by atoms with van der Waals surface area (Å²) >= 11 is 5.27. The zero-order valence-corrected chi connectivity index (χ0v) is 11.9. The van der Waals surface area contributed by atoms with E-state index in [1.165, 1.54) is 0 Å². The summed E-state index contributed by atoms with van der Waals surface area (Å²) in [6.45, 7) is 1.98. The molecule has 2 aromatic rings. The van der Waals surface area contributed by atoms with E-state index in [0.717, 1.165) is 22.8 Å². The molecule has 0 unspecified atom stereocenters. The minimum atomic E-state index is 0.518. The van der Waals surface area contributed by atoms with Crippen LogP contribution in [0, 0.1) is 6.92 Å². The van der Waals surface area contributed by atoms with Gasteiger partial charge in [0.15, 0.2) is 5.11 Å². The number of thiocarbonyl (C=S) groups is 1. The van der Waals surface area contributed by atoms with Gasteiger partial charge in [-0.2, -0.15) is 5.10 Å². The molecule has 6 heteroatoms. The maximum Gasteiger partial charge on any atom is 0.175 e. The Hall–Kier alpha value is -2.08. The third-order valence-corrected chi connectivity index (χ3v) is 3.02. The first-order valence-corrected chi connectivity index (χ1v) is 6.21. The molecule has 0 bridgehead atoms. The lowest BCUT2D eigenvalue weighted by atomic mass is 10.3. The number of aromatic nitrogens is 2. The fourth-order valence-corrected chi connectivity index (χ4v) is 1.83. The Morgan fingerprint density at radius 3 is 2.79 bits per heavy atom. The van der Waals surface area contributed by atoms with E-state index >= 15 is 0 Å². The van der Waals surface area contributed by atoms with Crippen molar-refractivity contribution in [2.24, 2.45) is 7.05 Å². The number of hydrogen-bond donors (Lipinski definition) is 2. The second-order valence-corrected chi connectivity index (χ2v) is 4.49. The number of nitrogens with one attached hydrogen (secondary N) is 2. The van der Waals surface area contributed by atoms with E-state index in [-0.39, 0.29) is 0 Å². The Bertz CT molecular complexity index is 594. The number of ether oxygens (including phenoxy) is 1. The summed E-state index contributed by atoms with van der Waals surface area (Å²) < 4.78 is 6.95. The number of hydrogen-bond acceptors (Lipinski definition) is 3. The second-order valence-electron chi connectivity index (χ2n) is 4.08. The molecule has 19 heavy (non-hydrogen) atoms. The molecule has 100 valence electrons. The summed E-state index contributed by atoms with van der Waals surface area (Å²) in [5.74, 6) is 0.783. The van der Waals surface area contributed by atoms with Crippen LogP contribution >= 0.6 is 12.2 Å². The van der Waals surface area contributed by atoms with Crippen molar-refractivity contribution in [3.05, 3.63) is 36.2 Å². The van der Waals surface area contributed by atoms with Crippen molar-refractivity contribution >= 4 is 28.7 Å². The number of anilines is 2. The van der Waals surface area contributed by atoms with Crippen LogP contribution in [0.25, 0.3) is 0 Å². The summed E-state index contributed by atoms with van der Waals surface area (Å²) in [4.78, 5) is 0. The molecule has 0 aliphatic carbocycles. The molecule has 5 nitrogen and oxygen atoms in total. The number of aryl methyl sites for hydroxylation is 1. The van der Waals surface area contributed by atoms with E-state index < -0.39 is 0 Å². The fourth-order valence-electron chi connectivity index (χ4n) is 1.61. The Labute approximate surface area is 117 Å². The first kappa shape index (κ1) is 13.4.